The molecule has 1 saturated heterocycles. The molecule has 2 fully saturated rings. The first kappa shape index (κ1) is 14.6. The van der Waals surface area contributed by atoms with Gasteiger partial charge in [-0.1, -0.05) is 0 Å². The van der Waals surface area contributed by atoms with Crippen molar-refractivity contribution in [3.8, 4) is 0 Å². The molecule has 1 aliphatic heterocycles. The normalized spacial score (nSPS) is 26.6. The number of nitrogens with zero attached hydrogens (tertiary/aromatic N) is 4. The largest absolute Gasteiger partial charge is 0.382 e. The molecule has 0 atom stereocenters. The van der Waals surface area contributed by atoms with Crippen LogP contribution in [0, 0.1) is 0 Å². The van der Waals surface area contributed by atoms with Crippen LogP contribution in [0.5, 0.6) is 0 Å². The van der Waals surface area contributed by atoms with Crippen LogP contribution in [-0.4, -0.2) is 57.2 Å². The molecule has 2 aromatic heterocycles. The van der Waals surface area contributed by atoms with Crippen LogP contribution in [0.25, 0.3) is 11.2 Å². The Kier molecular flexibility index (Phi) is 3.78. The van der Waals surface area contributed by atoms with E-state index in [0.717, 1.165) is 45.0 Å². The zero-order chi connectivity index (χ0) is 15.8. The second kappa shape index (κ2) is 5.93. The zero-order valence-electron chi connectivity index (χ0n) is 13.2. The van der Waals surface area contributed by atoms with Crippen molar-refractivity contribution in [2.24, 2.45) is 0 Å². The smallest absolute Gasteiger partial charge is 0.224 e. The maximum Gasteiger partial charge on any atom is 0.224 e. The number of aromatic amines is 1. The number of nitrogens with two attached hydrogens (primary N) is 2. The zero-order valence-corrected chi connectivity index (χ0v) is 13.2. The fourth-order valence-corrected chi connectivity index (χ4v) is 3.80. The number of hydrogen-bond acceptors (Lipinski definition) is 7. The number of nitrogen functional groups attached to an aromatic ring is 2. The highest BCUT2D eigenvalue weighted by atomic mass is 16.5. The quantitative estimate of drug-likeness (QED) is 0.752. The molecule has 0 bridgehead atoms. The fourth-order valence-electron chi connectivity index (χ4n) is 3.80. The molecule has 124 valence electrons. The third kappa shape index (κ3) is 2.84. The first-order valence-corrected chi connectivity index (χ1v) is 8.31. The topological polar surface area (TPSA) is 119 Å². The Hall–Kier alpha value is -1.93. The van der Waals surface area contributed by atoms with Crippen molar-refractivity contribution in [3.63, 3.8) is 0 Å². The highest BCUT2D eigenvalue weighted by Gasteiger charge is 2.29. The molecule has 3 heterocycles. The minimum absolute atomic E-state index is 0.170. The third-order valence-electron chi connectivity index (χ3n) is 5.06. The van der Waals surface area contributed by atoms with E-state index in [1.807, 2.05) is 0 Å². The third-order valence-corrected chi connectivity index (χ3v) is 5.06. The fraction of sp³-hybridized carbons (Fsp3) is 0.667. The monoisotopic (exact) mass is 317 g/mol. The highest BCUT2D eigenvalue weighted by Crippen LogP contribution is 2.34. The number of nitrogens with one attached hydrogen (secondary N) is 1. The molecular weight excluding hydrogens is 294 g/mol. The number of anilines is 2. The summed E-state index contributed by atoms with van der Waals surface area (Å²) in [6.07, 6.45) is 4.66. The lowest BCUT2D eigenvalue weighted by atomic mass is 9.84. The van der Waals surface area contributed by atoms with Crippen LogP contribution in [0.4, 0.5) is 11.8 Å². The lowest BCUT2D eigenvalue weighted by Crippen LogP contribution is -2.44. The average Bonchev–Trinajstić information content (AvgIpc) is 3.00. The van der Waals surface area contributed by atoms with E-state index in [2.05, 4.69) is 24.8 Å². The van der Waals surface area contributed by atoms with Gasteiger partial charge in [0.05, 0.1) is 13.2 Å². The van der Waals surface area contributed by atoms with Crippen molar-refractivity contribution in [2.45, 2.75) is 37.6 Å². The molecule has 0 amide bonds. The van der Waals surface area contributed by atoms with Crippen molar-refractivity contribution < 1.29 is 4.74 Å². The van der Waals surface area contributed by atoms with E-state index >= 15 is 0 Å². The maximum atomic E-state index is 5.90. The van der Waals surface area contributed by atoms with E-state index < -0.39 is 0 Å². The Morgan fingerprint density at radius 1 is 1.00 bits per heavy atom. The van der Waals surface area contributed by atoms with Gasteiger partial charge in [-0.3, -0.25) is 4.90 Å². The van der Waals surface area contributed by atoms with Crippen LogP contribution in [0.1, 0.15) is 37.4 Å². The molecule has 0 unspecified atom stereocenters. The molecule has 0 spiro atoms. The predicted octanol–water partition coefficient (Wildman–Crippen LogP) is 0.876. The molecule has 5 N–H and O–H groups in total. The molecule has 2 aromatic rings. The van der Waals surface area contributed by atoms with Crippen LogP contribution in [-0.2, 0) is 4.74 Å². The van der Waals surface area contributed by atoms with Gasteiger partial charge in [0.2, 0.25) is 5.95 Å². The number of morpholine rings is 1. The summed E-state index contributed by atoms with van der Waals surface area (Å²) in [7, 11) is 0. The summed E-state index contributed by atoms with van der Waals surface area (Å²) in [6.45, 7) is 3.85. The molecule has 23 heavy (non-hydrogen) atoms. The lowest BCUT2D eigenvalue weighted by molar-refractivity contribution is 0.00713. The Labute approximate surface area is 134 Å². The van der Waals surface area contributed by atoms with Crippen LogP contribution >= 0.6 is 0 Å². The number of hydrogen-bond donors (Lipinski definition) is 3. The summed E-state index contributed by atoms with van der Waals surface area (Å²) in [4.78, 5) is 18.6. The van der Waals surface area contributed by atoms with Gasteiger partial charge in [0, 0.05) is 25.0 Å². The lowest BCUT2D eigenvalue weighted by Gasteiger charge is -2.38. The summed E-state index contributed by atoms with van der Waals surface area (Å²) < 4.78 is 5.44. The second-order valence-corrected chi connectivity index (χ2v) is 6.44. The predicted molar refractivity (Wildman–Crippen MR) is 87.9 cm³/mol. The van der Waals surface area contributed by atoms with Crippen molar-refractivity contribution in [3.05, 3.63) is 5.82 Å². The number of imidazole rings is 1. The van der Waals surface area contributed by atoms with Gasteiger partial charge in [0.25, 0.3) is 0 Å². The highest BCUT2D eigenvalue weighted by molar-refractivity contribution is 5.82. The van der Waals surface area contributed by atoms with Gasteiger partial charge in [-0.2, -0.15) is 9.97 Å². The van der Waals surface area contributed by atoms with E-state index in [1.54, 1.807) is 0 Å². The van der Waals surface area contributed by atoms with Gasteiger partial charge >= 0.3 is 0 Å². The molecule has 4 rings (SSSR count). The van der Waals surface area contributed by atoms with Crippen LogP contribution in [0.2, 0.25) is 0 Å². The molecule has 1 aliphatic carbocycles. The van der Waals surface area contributed by atoms with Gasteiger partial charge in [0.1, 0.15) is 11.3 Å². The molecule has 8 nitrogen and oxygen atoms in total. The molecule has 0 radical (unpaired) electrons. The Morgan fingerprint density at radius 3 is 2.48 bits per heavy atom. The van der Waals surface area contributed by atoms with E-state index in [4.69, 9.17) is 16.2 Å². The van der Waals surface area contributed by atoms with Gasteiger partial charge < -0.3 is 21.2 Å². The van der Waals surface area contributed by atoms with E-state index in [-0.39, 0.29) is 5.95 Å². The first-order chi connectivity index (χ1) is 11.2. The summed E-state index contributed by atoms with van der Waals surface area (Å²) >= 11 is 0. The molecule has 0 aromatic carbocycles. The minimum Gasteiger partial charge on any atom is -0.382 e. The average molecular weight is 317 g/mol. The Morgan fingerprint density at radius 2 is 1.74 bits per heavy atom. The van der Waals surface area contributed by atoms with Gasteiger partial charge in [-0.05, 0) is 25.7 Å². The summed E-state index contributed by atoms with van der Waals surface area (Å²) in [5, 5.41) is 0. The number of rotatable bonds is 2. The molecule has 8 heteroatoms. The van der Waals surface area contributed by atoms with Crippen molar-refractivity contribution in [1.82, 2.24) is 24.8 Å². The first-order valence-electron chi connectivity index (χ1n) is 8.31. The Bertz CT molecular complexity index is 686. The summed E-state index contributed by atoms with van der Waals surface area (Å²) in [5.74, 6) is 1.94. The van der Waals surface area contributed by atoms with Gasteiger partial charge in [-0.15, -0.1) is 0 Å². The van der Waals surface area contributed by atoms with Crippen LogP contribution in [0.15, 0.2) is 0 Å². The van der Waals surface area contributed by atoms with E-state index in [1.165, 1.54) is 12.8 Å². The summed E-state index contributed by atoms with van der Waals surface area (Å²) in [5.41, 5.74) is 12.8. The van der Waals surface area contributed by atoms with Crippen LogP contribution < -0.4 is 11.5 Å². The molecular formula is C15H23N7O. The Balaban J connectivity index is 1.46. The van der Waals surface area contributed by atoms with Gasteiger partial charge in [0.15, 0.2) is 11.5 Å². The van der Waals surface area contributed by atoms with Crippen molar-refractivity contribution in [2.75, 3.05) is 37.8 Å². The number of fused-ring (bicyclic) bond motifs is 1. The summed E-state index contributed by atoms with van der Waals surface area (Å²) in [6, 6.07) is 0.681. The van der Waals surface area contributed by atoms with E-state index in [9.17, 15) is 0 Å². The van der Waals surface area contributed by atoms with Crippen LogP contribution in [0.3, 0.4) is 0 Å². The number of aromatic nitrogens is 4. The number of ether oxygens (including phenoxy) is 1. The standard InChI is InChI=1S/C15H23N7O/c16-12-11-14(21-15(17)19-12)20-13(18-11)9-1-3-10(4-2-9)22-5-7-23-8-6-22/h9-10H,1-8H2,(H5,16,17,18,19,20,21). The minimum atomic E-state index is 0.170. The maximum absolute atomic E-state index is 5.90. The molecule has 1 saturated carbocycles. The molecule has 2 aliphatic rings. The van der Waals surface area contributed by atoms with E-state index in [0.29, 0.717) is 28.9 Å². The van der Waals surface area contributed by atoms with Crippen molar-refractivity contribution in [1.29, 1.82) is 0 Å². The number of H-pyrrole nitrogens is 1. The van der Waals surface area contributed by atoms with Crippen molar-refractivity contribution >= 4 is 22.9 Å². The SMILES string of the molecule is Nc1nc(N)c2[nH]c(C3CCC(N4CCOCC4)CC3)nc2n1. The second-order valence-electron chi connectivity index (χ2n) is 6.44. The van der Waals surface area contributed by atoms with Gasteiger partial charge in [-0.25, -0.2) is 4.98 Å².